The van der Waals surface area contributed by atoms with Crippen molar-refractivity contribution in [1.29, 1.82) is 0 Å². The lowest BCUT2D eigenvalue weighted by molar-refractivity contribution is 0.0528. The number of hydrogen-bond donors (Lipinski definition) is 0. The Morgan fingerprint density at radius 1 is 1.15 bits per heavy atom. The van der Waals surface area contributed by atoms with Crippen LogP contribution in [0, 0.1) is 0 Å². The molecule has 0 aliphatic heterocycles. The number of carbonyl (C=O) groups is 1. The van der Waals surface area contributed by atoms with Gasteiger partial charge in [-0.25, -0.2) is 4.79 Å². The summed E-state index contributed by atoms with van der Waals surface area (Å²) in [6.45, 7) is 2.15. The lowest BCUT2D eigenvalue weighted by Gasteiger charge is -2.10. The molecule has 0 aliphatic carbocycles. The topological polar surface area (TPSA) is 44.8 Å². The van der Waals surface area contributed by atoms with Gasteiger partial charge in [-0.15, -0.1) is 0 Å². The van der Waals surface area contributed by atoms with Crippen molar-refractivity contribution in [2.24, 2.45) is 0 Å². The van der Waals surface area contributed by atoms with Gasteiger partial charge in [0.2, 0.25) is 0 Å². The summed E-state index contributed by atoms with van der Waals surface area (Å²) in [6.07, 6.45) is 0. The number of thiophene rings is 1. The van der Waals surface area contributed by atoms with Gasteiger partial charge in [0.05, 0.1) is 26.4 Å². The van der Waals surface area contributed by atoms with Crippen molar-refractivity contribution in [1.82, 2.24) is 0 Å². The summed E-state index contributed by atoms with van der Waals surface area (Å²) >= 11 is 1.47. The van der Waals surface area contributed by atoms with E-state index < -0.39 is 0 Å². The average molecular weight is 292 g/mol. The van der Waals surface area contributed by atoms with E-state index in [1.54, 1.807) is 26.5 Å². The molecule has 1 aromatic heterocycles. The van der Waals surface area contributed by atoms with Gasteiger partial charge in [0.1, 0.15) is 0 Å². The van der Waals surface area contributed by atoms with E-state index in [9.17, 15) is 4.79 Å². The van der Waals surface area contributed by atoms with Crippen LogP contribution in [0.4, 0.5) is 0 Å². The number of carbonyl (C=O) groups excluding carboxylic acids is 1. The second-order valence-corrected chi connectivity index (χ2v) is 4.73. The molecule has 0 radical (unpaired) electrons. The van der Waals surface area contributed by atoms with Gasteiger partial charge < -0.3 is 14.2 Å². The molecular weight excluding hydrogens is 276 g/mol. The lowest BCUT2D eigenvalue weighted by Crippen LogP contribution is -2.04. The van der Waals surface area contributed by atoms with Gasteiger partial charge in [0.25, 0.3) is 0 Å². The van der Waals surface area contributed by atoms with Crippen LogP contribution in [0.2, 0.25) is 0 Å². The molecule has 0 amide bonds. The molecular formula is C15H16O4S. The summed E-state index contributed by atoms with van der Waals surface area (Å²) in [5.41, 5.74) is 2.31. The van der Waals surface area contributed by atoms with Gasteiger partial charge in [-0.2, -0.15) is 11.3 Å². The fourth-order valence-electron chi connectivity index (χ4n) is 1.89. The van der Waals surface area contributed by atoms with E-state index in [2.05, 4.69) is 0 Å². The molecule has 0 aliphatic rings. The Labute approximate surface area is 121 Å². The third-order valence-corrected chi connectivity index (χ3v) is 3.60. The Bertz CT molecular complexity index is 604. The zero-order valence-electron chi connectivity index (χ0n) is 11.6. The minimum absolute atomic E-state index is 0.307. The molecule has 0 bridgehead atoms. The fourth-order valence-corrected chi connectivity index (χ4v) is 2.72. The van der Waals surface area contributed by atoms with E-state index in [1.807, 2.05) is 23.6 Å². The smallest absolute Gasteiger partial charge is 0.339 e. The molecule has 0 spiro atoms. The van der Waals surface area contributed by atoms with Crippen LogP contribution in [0.3, 0.4) is 0 Å². The molecule has 4 nitrogen and oxygen atoms in total. The highest BCUT2D eigenvalue weighted by molar-refractivity contribution is 7.08. The second kappa shape index (κ2) is 6.43. The summed E-state index contributed by atoms with van der Waals surface area (Å²) < 4.78 is 15.6. The quantitative estimate of drug-likeness (QED) is 0.790. The Morgan fingerprint density at radius 3 is 2.55 bits per heavy atom. The van der Waals surface area contributed by atoms with Gasteiger partial charge in [0, 0.05) is 10.9 Å². The molecule has 0 N–H and O–H groups in total. The average Bonchev–Trinajstić information content (AvgIpc) is 2.96. The highest BCUT2D eigenvalue weighted by atomic mass is 32.1. The molecule has 0 unspecified atom stereocenters. The van der Waals surface area contributed by atoms with Crippen LogP contribution < -0.4 is 9.47 Å². The molecule has 0 fully saturated rings. The highest BCUT2D eigenvalue weighted by Gasteiger charge is 2.16. The van der Waals surface area contributed by atoms with Crippen LogP contribution in [-0.2, 0) is 4.74 Å². The van der Waals surface area contributed by atoms with Gasteiger partial charge in [-0.3, -0.25) is 0 Å². The predicted molar refractivity (Wildman–Crippen MR) is 78.8 cm³/mol. The molecule has 1 heterocycles. The molecule has 106 valence electrons. The lowest BCUT2D eigenvalue weighted by atomic mass is 10.0. The molecule has 20 heavy (non-hydrogen) atoms. The third-order valence-electron chi connectivity index (χ3n) is 2.85. The van der Waals surface area contributed by atoms with Crippen molar-refractivity contribution < 1.29 is 19.0 Å². The molecule has 2 aromatic rings. The van der Waals surface area contributed by atoms with Crippen molar-refractivity contribution in [2.45, 2.75) is 6.92 Å². The number of ether oxygens (including phenoxy) is 3. The molecule has 2 rings (SSSR count). The maximum Gasteiger partial charge on any atom is 0.339 e. The van der Waals surface area contributed by atoms with E-state index in [1.165, 1.54) is 11.3 Å². The van der Waals surface area contributed by atoms with Crippen molar-refractivity contribution in [3.8, 4) is 22.6 Å². The minimum atomic E-state index is -0.307. The molecule has 0 saturated carbocycles. The van der Waals surface area contributed by atoms with E-state index in [-0.39, 0.29) is 5.97 Å². The van der Waals surface area contributed by atoms with Crippen LogP contribution in [-0.4, -0.2) is 26.8 Å². The number of hydrogen-bond acceptors (Lipinski definition) is 5. The first kappa shape index (κ1) is 14.4. The van der Waals surface area contributed by atoms with Gasteiger partial charge in [0.15, 0.2) is 11.5 Å². The molecule has 0 atom stereocenters. The van der Waals surface area contributed by atoms with Crippen LogP contribution in [0.1, 0.15) is 17.3 Å². The first-order valence-electron chi connectivity index (χ1n) is 6.17. The van der Waals surface area contributed by atoms with E-state index >= 15 is 0 Å². The Morgan fingerprint density at radius 2 is 1.90 bits per heavy atom. The van der Waals surface area contributed by atoms with Crippen LogP contribution in [0.25, 0.3) is 11.1 Å². The van der Waals surface area contributed by atoms with E-state index in [0.717, 1.165) is 11.1 Å². The van der Waals surface area contributed by atoms with Crippen LogP contribution in [0.15, 0.2) is 29.0 Å². The van der Waals surface area contributed by atoms with Gasteiger partial charge >= 0.3 is 5.97 Å². The van der Waals surface area contributed by atoms with E-state index in [0.29, 0.717) is 23.7 Å². The second-order valence-electron chi connectivity index (χ2n) is 3.99. The summed E-state index contributed by atoms with van der Waals surface area (Å²) in [4.78, 5) is 11.9. The van der Waals surface area contributed by atoms with Crippen LogP contribution in [0.5, 0.6) is 11.5 Å². The standard InChI is InChI=1S/C15H16O4S/c1-4-19-15(16)12-9-20-8-11(12)10-5-6-13(17-2)14(7-10)18-3/h5-9H,4H2,1-3H3. The Kier molecular flexibility index (Phi) is 4.63. The number of rotatable bonds is 5. The predicted octanol–water partition coefficient (Wildman–Crippen LogP) is 3.61. The first-order valence-corrected chi connectivity index (χ1v) is 7.11. The van der Waals surface area contributed by atoms with Gasteiger partial charge in [-0.05, 0) is 30.0 Å². The third kappa shape index (κ3) is 2.77. The number of methoxy groups -OCH3 is 2. The fraction of sp³-hybridized carbons (Fsp3) is 0.267. The Balaban J connectivity index is 2.42. The summed E-state index contributed by atoms with van der Waals surface area (Å²) in [5, 5.41) is 3.72. The monoisotopic (exact) mass is 292 g/mol. The first-order chi connectivity index (χ1) is 9.71. The summed E-state index contributed by atoms with van der Waals surface area (Å²) in [6, 6.07) is 5.57. The van der Waals surface area contributed by atoms with Crippen molar-refractivity contribution in [2.75, 3.05) is 20.8 Å². The van der Waals surface area contributed by atoms with Crippen molar-refractivity contribution in [3.05, 3.63) is 34.5 Å². The SMILES string of the molecule is CCOC(=O)c1cscc1-c1ccc(OC)c(OC)c1. The number of benzene rings is 1. The zero-order chi connectivity index (χ0) is 14.5. The number of esters is 1. The maximum absolute atomic E-state index is 11.9. The van der Waals surface area contributed by atoms with Crippen molar-refractivity contribution >= 4 is 17.3 Å². The van der Waals surface area contributed by atoms with E-state index in [4.69, 9.17) is 14.2 Å². The minimum Gasteiger partial charge on any atom is -0.493 e. The molecule has 0 saturated heterocycles. The largest absolute Gasteiger partial charge is 0.493 e. The normalized spacial score (nSPS) is 10.2. The highest BCUT2D eigenvalue weighted by Crippen LogP contribution is 2.35. The summed E-state index contributed by atoms with van der Waals surface area (Å²) in [5.74, 6) is 0.980. The molecule has 5 heteroatoms. The zero-order valence-corrected chi connectivity index (χ0v) is 12.5. The maximum atomic E-state index is 11.9. The van der Waals surface area contributed by atoms with Crippen molar-refractivity contribution in [3.63, 3.8) is 0 Å². The van der Waals surface area contributed by atoms with Crippen LogP contribution >= 0.6 is 11.3 Å². The Hall–Kier alpha value is -2.01. The molecule has 1 aromatic carbocycles. The van der Waals surface area contributed by atoms with Gasteiger partial charge in [-0.1, -0.05) is 6.07 Å². The summed E-state index contributed by atoms with van der Waals surface area (Å²) in [7, 11) is 3.17.